The van der Waals surface area contributed by atoms with Gasteiger partial charge in [0.25, 0.3) is 0 Å². The molecule has 2 heterocycles. The summed E-state index contributed by atoms with van der Waals surface area (Å²) in [6.45, 7) is 0. The van der Waals surface area contributed by atoms with E-state index in [-0.39, 0.29) is 18.8 Å². The zero-order chi connectivity index (χ0) is 10.8. The first-order chi connectivity index (χ1) is 7.18. The predicted octanol–water partition coefficient (Wildman–Crippen LogP) is 1.58. The molecule has 0 aliphatic rings. The van der Waals surface area contributed by atoms with E-state index in [0.29, 0.717) is 17.9 Å². The van der Waals surface area contributed by atoms with Gasteiger partial charge in [0.05, 0.1) is 0 Å². The molecule has 0 radical (unpaired) electrons. The molecule has 0 aliphatic heterocycles. The summed E-state index contributed by atoms with van der Waals surface area (Å²) in [5, 5.41) is 9.51. The van der Waals surface area contributed by atoms with E-state index in [2.05, 4.69) is 9.97 Å². The zero-order valence-corrected chi connectivity index (χ0v) is 9.25. The van der Waals surface area contributed by atoms with Crippen LogP contribution in [0, 0.1) is 0 Å². The van der Waals surface area contributed by atoms with Crippen LogP contribution in [0.1, 0.15) is 12.0 Å². The molecule has 2 aromatic rings. The Morgan fingerprint density at radius 2 is 2.31 bits per heavy atom. The largest absolute Gasteiger partial charge is 0.481 e. The fourth-order valence-electron chi connectivity index (χ4n) is 1.60. The highest BCUT2D eigenvalue weighted by molar-refractivity contribution is 5.86. The van der Waals surface area contributed by atoms with Crippen LogP contribution in [0.3, 0.4) is 0 Å². The van der Waals surface area contributed by atoms with Crippen LogP contribution in [0.5, 0.6) is 0 Å². The second-order valence-electron chi connectivity index (χ2n) is 3.31. The third-order valence-corrected chi connectivity index (χ3v) is 2.30. The van der Waals surface area contributed by atoms with E-state index in [1.54, 1.807) is 12.3 Å². The van der Waals surface area contributed by atoms with E-state index in [1.807, 2.05) is 6.07 Å². The Kier molecular flexibility index (Phi) is 3.73. The Hall–Kier alpha value is -1.75. The highest BCUT2D eigenvalue weighted by Crippen LogP contribution is 2.23. The fraction of sp³-hybridized carbons (Fsp3) is 0.200. The molecule has 0 saturated heterocycles. The number of pyridine rings is 1. The number of carboxylic acid groups (broad SMARTS) is 1. The number of fused-ring (bicyclic) bond motifs is 1. The monoisotopic (exact) mass is 241 g/mol. The van der Waals surface area contributed by atoms with Gasteiger partial charge in [-0.25, -0.2) is 4.98 Å². The Bertz CT molecular complexity index is 510. The van der Waals surface area contributed by atoms with Crippen molar-refractivity contribution >= 4 is 35.2 Å². The van der Waals surface area contributed by atoms with Gasteiger partial charge in [-0.05, 0) is 18.6 Å². The van der Waals surface area contributed by atoms with Crippen LogP contribution in [-0.2, 0) is 11.2 Å². The lowest BCUT2D eigenvalue weighted by atomic mass is 10.1. The van der Waals surface area contributed by atoms with Gasteiger partial charge < -0.3 is 15.8 Å². The third kappa shape index (κ3) is 2.25. The Morgan fingerprint density at radius 3 is 3.00 bits per heavy atom. The van der Waals surface area contributed by atoms with Gasteiger partial charge in [0.15, 0.2) is 0 Å². The van der Waals surface area contributed by atoms with Crippen molar-refractivity contribution < 1.29 is 9.90 Å². The molecule has 0 saturated carbocycles. The summed E-state index contributed by atoms with van der Waals surface area (Å²) < 4.78 is 0. The first-order valence-corrected chi connectivity index (χ1v) is 4.61. The van der Waals surface area contributed by atoms with Crippen molar-refractivity contribution in [2.45, 2.75) is 12.8 Å². The second kappa shape index (κ2) is 4.85. The lowest BCUT2D eigenvalue weighted by Crippen LogP contribution is -1.99. The van der Waals surface area contributed by atoms with Crippen LogP contribution >= 0.6 is 12.4 Å². The molecule has 0 aromatic carbocycles. The minimum absolute atomic E-state index is 0. The fourth-order valence-corrected chi connectivity index (χ4v) is 1.60. The number of H-pyrrole nitrogens is 1. The maximum absolute atomic E-state index is 10.5. The molecular formula is C10H12ClN3O2. The van der Waals surface area contributed by atoms with Crippen LogP contribution in [0.15, 0.2) is 18.3 Å². The number of aromatic amines is 1. The predicted molar refractivity (Wildman–Crippen MR) is 63.7 cm³/mol. The van der Waals surface area contributed by atoms with Crippen molar-refractivity contribution in [2.75, 3.05) is 5.73 Å². The van der Waals surface area contributed by atoms with Crippen LogP contribution in [-0.4, -0.2) is 21.0 Å². The number of aromatic nitrogens is 2. The van der Waals surface area contributed by atoms with Crippen LogP contribution in [0.25, 0.3) is 11.0 Å². The van der Waals surface area contributed by atoms with Crippen LogP contribution in [0.4, 0.5) is 5.82 Å². The molecule has 4 N–H and O–H groups in total. The lowest BCUT2D eigenvalue weighted by molar-refractivity contribution is -0.136. The molecule has 0 fully saturated rings. The molecule has 0 spiro atoms. The summed E-state index contributed by atoms with van der Waals surface area (Å²) in [5.74, 6) is -0.322. The number of carbonyl (C=O) groups is 1. The summed E-state index contributed by atoms with van der Waals surface area (Å²) >= 11 is 0. The van der Waals surface area contributed by atoms with E-state index >= 15 is 0 Å². The average molecular weight is 242 g/mol. The summed E-state index contributed by atoms with van der Waals surface area (Å²) in [5.41, 5.74) is 7.29. The number of aryl methyl sites for hydroxylation is 1. The minimum Gasteiger partial charge on any atom is -0.481 e. The van der Waals surface area contributed by atoms with Gasteiger partial charge in [-0.2, -0.15) is 0 Å². The topological polar surface area (TPSA) is 92.0 Å². The smallest absolute Gasteiger partial charge is 0.303 e. The number of halogens is 1. The van der Waals surface area contributed by atoms with Gasteiger partial charge in [-0.3, -0.25) is 4.79 Å². The summed E-state index contributed by atoms with van der Waals surface area (Å²) in [4.78, 5) is 17.5. The van der Waals surface area contributed by atoms with Gasteiger partial charge in [-0.1, -0.05) is 0 Å². The zero-order valence-electron chi connectivity index (χ0n) is 8.43. The maximum atomic E-state index is 10.5. The summed E-state index contributed by atoms with van der Waals surface area (Å²) in [6.07, 6.45) is 2.16. The quantitative estimate of drug-likeness (QED) is 0.761. The van der Waals surface area contributed by atoms with Gasteiger partial charge in [0, 0.05) is 23.6 Å². The number of nitrogens with one attached hydrogen (secondary N) is 1. The molecule has 16 heavy (non-hydrogen) atoms. The van der Waals surface area contributed by atoms with E-state index in [4.69, 9.17) is 10.8 Å². The van der Waals surface area contributed by atoms with E-state index in [0.717, 1.165) is 10.9 Å². The van der Waals surface area contributed by atoms with Crippen molar-refractivity contribution in [1.82, 2.24) is 9.97 Å². The summed E-state index contributed by atoms with van der Waals surface area (Å²) in [7, 11) is 0. The number of anilines is 1. The number of nitrogens with zero attached hydrogens (tertiary/aromatic N) is 1. The molecule has 2 rings (SSSR count). The number of hydrogen-bond donors (Lipinski definition) is 3. The molecule has 0 aliphatic carbocycles. The molecule has 6 heteroatoms. The first-order valence-electron chi connectivity index (χ1n) is 4.61. The SMILES string of the molecule is Cl.Nc1[nH]c2ncccc2c1CCC(=O)O. The lowest BCUT2D eigenvalue weighted by Gasteiger charge is -1.97. The van der Waals surface area contributed by atoms with Crippen molar-refractivity contribution in [3.63, 3.8) is 0 Å². The molecule has 0 amide bonds. The van der Waals surface area contributed by atoms with E-state index in [9.17, 15) is 4.79 Å². The van der Waals surface area contributed by atoms with E-state index in [1.165, 1.54) is 0 Å². The molecule has 0 bridgehead atoms. The highest BCUT2D eigenvalue weighted by atomic mass is 35.5. The van der Waals surface area contributed by atoms with Crippen LogP contribution < -0.4 is 5.73 Å². The standard InChI is InChI=1S/C10H11N3O2.ClH/c11-9-6(3-4-8(14)15)7-2-1-5-12-10(7)13-9;/h1-2,5H,3-4,11H2,(H,12,13)(H,14,15);1H. The molecule has 86 valence electrons. The molecule has 2 aromatic heterocycles. The Balaban J connectivity index is 0.00000128. The number of nitrogens with two attached hydrogens (primary N) is 1. The van der Waals surface area contributed by atoms with Gasteiger partial charge in [0.2, 0.25) is 0 Å². The number of carboxylic acids is 1. The van der Waals surface area contributed by atoms with Gasteiger partial charge in [-0.15, -0.1) is 12.4 Å². The number of hydrogen-bond acceptors (Lipinski definition) is 3. The Labute approximate surface area is 98.1 Å². The van der Waals surface area contributed by atoms with Gasteiger partial charge >= 0.3 is 5.97 Å². The van der Waals surface area contributed by atoms with Crippen molar-refractivity contribution in [2.24, 2.45) is 0 Å². The van der Waals surface area contributed by atoms with E-state index < -0.39 is 5.97 Å². The maximum Gasteiger partial charge on any atom is 0.303 e. The minimum atomic E-state index is -0.826. The summed E-state index contributed by atoms with van der Waals surface area (Å²) in [6, 6.07) is 3.69. The number of rotatable bonds is 3. The van der Waals surface area contributed by atoms with Crippen molar-refractivity contribution in [3.05, 3.63) is 23.9 Å². The molecular weight excluding hydrogens is 230 g/mol. The highest BCUT2D eigenvalue weighted by Gasteiger charge is 2.10. The van der Waals surface area contributed by atoms with Crippen LogP contribution in [0.2, 0.25) is 0 Å². The second-order valence-corrected chi connectivity index (χ2v) is 3.31. The normalized spacial score (nSPS) is 10.0. The molecule has 0 unspecified atom stereocenters. The molecule has 5 nitrogen and oxygen atoms in total. The Morgan fingerprint density at radius 1 is 1.56 bits per heavy atom. The van der Waals surface area contributed by atoms with Crippen molar-refractivity contribution in [3.8, 4) is 0 Å². The molecule has 0 atom stereocenters. The average Bonchev–Trinajstić information content (AvgIpc) is 2.50. The first kappa shape index (κ1) is 12.3. The number of aliphatic carboxylic acids is 1. The van der Waals surface area contributed by atoms with Crippen molar-refractivity contribution in [1.29, 1.82) is 0 Å². The number of nitrogen functional groups attached to an aromatic ring is 1. The third-order valence-electron chi connectivity index (χ3n) is 2.30. The van der Waals surface area contributed by atoms with Gasteiger partial charge in [0.1, 0.15) is 11.5 Å².